The summed E-state index contributed by atoms with van der Waals surface area (Å²) in [7, 11) is 0. The molecule has 0 spiro atoms. The van der Waals surface area contributed by atoms with E-state index in [0.29, 0.717) is 12.5 Å². The Kier molecular flexibility index (Phi) is 8.62. The maximum atomic E-state index is 11.3. The molecule has 0 saturated carbocycles. The molecule has 0 unspecified atom stereocenters. The lowest BCUT2D eigenvalue weighted by Gasteiger charge is -2.05. The second kappa shape index (κ2) is 9.45. The van der Waals surface area contributed by atoms with E-state index >= 15 is 0 Å². The van der Waals surface area contributed by atoms with Crippen molar-refractivity contribution in [2.45, 2.75) is 39.5 Å². The Balaban J connectivity index is 3.65. The quantitative estimate of drug-likeness (QED) is 0.297. The van der Waals surface area contributed by atoms with E-state index in [0.717, 1.165) is 31.4 Å². The molecule has 0 rings (SSSR count). The van der Waals surface area contributed by atoms with Crippen LogP contribution in [0.5, 0.6) is 0 Å². The van der Waals surface area contributed by atoms with Crippen molar-refractivity contribution >= 4 is 11.9 Å². The van der Waals surface area contributed by atoms with E-state index < -0.39 is 11.9 Å². The van der Waals surface area contributed by atoms with E-state index in [1.54, 1.807) is 0 Å². The van der Waals surface area contributed by atoms with E-state index in [9.17, 15) is 9.59 Å². The van der Waals surface area contributed by atoms with Crippen molar-refractivity contribution in [3.8, 4) is 0 Å². The minimum atomic E-state index is -1.11. The average Bonchev–Trinajstić information content (AvgIpc) is 2.29. The smallest absolute Gasteiger partial charge is 0.337 e. The van der Waals surface area contributed by atoms with Crippen molar-refractivity contribution < 1.29 is 19.4 Å². The van der Waals surface area contributed by atoms with Gasteiger partial charge in [-0.25, -0.2) is 9.59 Å². The van der Waals surface area contributed by atoms with Gasteiger partial charge in [-0.1, -0.05) is 39.7 Å². The third-order valence-electron chi connectivity index (χ3n) is 2.35. The molecule has 0 atom stereocenters. The summed E-state index contributed by atoms with van der Waals surface area (Å²) in [4.78, 5) is 21.6. The van der Waals surface area contributed by atoms with Gasteiger partial charge in [-0.3, -0.25) is 0 Å². The molecule has 0 aliphatic carbocycles. The van der Waals surface area contributed by atoms with Crippen LogP contribution in [-0.2, 0) is 14.3 Å². The Hall–Kier alpha value is -1.58. The lowest BCUT2D eigenvalue weighted by atomic mass is 10.1. The van der Waals surface area contributed by atoms with Crippen molar-refractivity contribution in [2.75, 3.05) is 6.61 Å². The molecule has 0 saturated heterocycles. The van der Waals surface area contributed by atoms with Crippen molar-refractivity contribution in [3.63, 3.8) is 0 Å². The summed E-state index contributed by atoms with van der Waals surface area (Å²) in [6.45, 7) is 8.16. The predicted octanol–water partition coefficient (Wildman–Crippen LogP) is 2.94. The minimum Gasteiger partial charge on any atom is -0.478 e. The van der Waals surface area contributed by atoms with Crippen LogP contribution in [0.3, 0.4) is 0 Å². The number of carboxylic acids is 1. The van der Waals surface area contributed by atoms with Gasteiger partial charge in [0.05, 0.1) is 12.2 Å². The Bertz CT molecular complexity index is 316. The van der Waals surface area contributed by atoms with Crippen LogP contribution in [0.2, 0.25) is 0 Å². The van der Waals surface area contributed by atoms with Crippen LogP contribution < -0.4 is 0 Å². The first-order valence-corrected chi connectivity index (χ1v) is 6.20. The van der Waals surface area contributed by atoms with Gasteiger partial charge in [0.1, 0.15) is 0 Å². The molecule has 0 aromatic rings. The van der Waals surface area contributed by atoms with Gasteiger partial charge in [0, 0.05) is 6.08 Å². The highest BCUT2D eigenvalue weighted by Crippen LogP contribution is 2.08. The SMILES string of the molecule is C=C(C=CC(=O)O)C(=O)OCCCCCC(C)C. The third kappa shape index (κ3) is 9.63. The molecule has 18 heavy (non-hydrogen) atoms. The summed E-state index contributed by atoms with van der Waals surface area (Å²) in [6, 6.07) is 0. The number of carboxylic acid groups (broad SMARTS) is 1. The van der Waals surface area contributed by atoms with Crippen LogP contribution in [0, 0.1) is 5.92 Å². The van der Waals surface area contributed by atoms with Gasteiger partial charge in [0.25, 0.3) is 0 Å². The highest BCUT2D eigenvalue weighted by atomic mass is 16.5. The Labute approximate surface area is 108 Å². The molecule has 0 bridgehead atoms. The Morgan fingerprint density at radius 2 is 1.89 bits per heavy atom. The average molecular weight is 254 g/mol. The molecule has 4 heteroatoms. The molecule has 0 aromatic heterocycles. The molecule has 4 nitrogen and oxygen atoms in total. The second-order valence-corrected chi connectivity index (χ2v) is 4.58. The number of aliphatic carboxylic acids is 1. The van der Waals surface area contributed by atoms with Crippen molar-refractivity contribution in [1.29, 1.82) is 0 Å². The maximum absolute atomic E-state index is 11.3. The molecule has 0 heterocycles. The summed E-state index contributed by atoms with van der Waals surface area (Å²) in [6.07, 6.45) is 6.18. The van der Waals surface area contributed by atoms with Gasteiger partial charge in [0.15, 0.2) is 0 Å². The topological polar surface area (TPSA) is 63.6 Å². The Morgan fingerprint density at radius 1 is 1.22 bits per heavy atom. The molecule has 0 aliphatic rings. The molecule has 102 valence electrons. The molecule has 0 amide bonds. The maximum Gasteiger partial charge on any atom is 0.337 e. The largest absolute Gasteiger partial charge is 0.478 e. The predicted molar refractivity (Wildman–Crippen MR) is 70.2 cm³/mol. The number of ether oxygens (including phenoxy) is 1. The number of carbonyl (C=O) groups is 2. The Morgan fingerprint density at radius 3 is 2.44 bits per heavy atom. The summed E-state index contributed by atoms with van der Waals surface area (Å²) >= 11 is 0. The highest BCUT2D eigenvalue weighted by molar-refractivity contribution is 5.93. The summed E-state index contributed by atoms with van der Waals surface area (Å²) < 4.78 is 4.96. The summed E-state index contributed by atoms with van der Waals surface area (Å²) in [5.41, 5.74) is 0.0552. The summed E-state index contributed by atoms with van der Waals surface area (Å²) in [5, 5.41) is 8.38. The normalized spacial score (nSPS) is 10.8. The van der Waals surface area contributed by atoms with Gasteiger partial charge in [-0.05, 0) is 18.4 Å². The van der Waals surface area contributed by atoms with Gasteiger partial charge in [0.2, 0.25) is 0 Å². The van der Waals surface area contributed by atoms with Crippen LogP contribution in [-0.4, -0.2) is 23.7 Å². The molecule has 1 N–H and O–H groups in total. The standard InChI is InChI=1S/C14H22O4/c1-11(2)7-5-4-6-10-18-14(17)12(3)8-9-13(15)16/h8-9,11H,3-7,10H2,1-2H3,(H,15,16). The minimum absolute atomic E-state index is 0.0552. The number of unbranched alkanes of at least 4 members (excludes halogenated alkanes) is 2. The number of hydrogen-bond acceptors (Lipinski definition) is 3. The molecular formula is C14H22O4. The van der Waals surface area contributed by atoms with Gasteiger partial charge < -0.3 is 9.84 Å². The van der Waals surface area contributed by atoms with Crippen LogP contribution >= 0.6 is 0 Å². The second-order valence-electron chi connectivity index (χ2n) is 4.58. The molecule has 0 aromatic carbocycles. The van der Waals surface area contributed by atoms with Gasteiger partial charge in [-0.15, -0.1) is 0 Å². The monoisotopic (exact) mass is 254 g/mol. The van der Waals surface area contributed by atoms with Gasteiger partial charge >= 0.3 is 11.9 Å². The zero-order valence-electron chi connectivity index (χ0n) is 11.1. The lowest BCUT2D eigenvalue weighted by Crippen LogP contribution is -2.07. The van der Waals surface area contributed by atoms with Crippen molar-refractivity contribution in [2.24, 2.45) is 5.92 Å². The molecular weight excluding hydrogens is 232 g/mol. The molecule has 0 radical (unpaired) electrons. The number of esters is 1. The fraction of sp³-hybridized carbons (Fsp3) is 0.571. The van der Waals surface area contributed by atoms with E-state index in [-0.39, 0.29) is 5.57 Å². The first-order chi connectivity index (χ1) is 8.43. The third-order valence-corrected chi connectivity index (χ3v) is 2.35. The van der Waals surface area contributed by atoms with Crippen LogP contribution in [0.15, 0.2) is 24.3 Å². The van der Waals surface area contributed by atoms with Crippen LogP contribution in [0.4, 0.5) is 0 Å². The summed E-state index contributed by atoms with van der Waals surface area (Å²) in [5.74, 6) is -0.970. The number of hydrogen-bond donors (Lipinski definition) is 1. The zero-order valence-corrected chi connectivity index (χ0v) is 11.1. The molecule has 0 aliphatic heterocycles. The van der Waals surface area contributed by atoms with E-state index in [4.69, 9.17) is 9.84 Å². The molecule has 0 fully saturated rings. The highest BCUT2D eigenvalue weighted by Gasteiger charge is 2.05. The first-order valence-electron chi connectivity index (χ1n) is 6.20. The fourth-order valence-electron chi connectivity index (χ4n) is 1.33. The number of carbonyl (C=O) groups excluding carboxylic acids is 1. The fourth-order valence-corrected chi connectivity index (χ4v) is 1.33. The zero-order chi connectivity index (χ0) is 14.0. The van der Waals surface area contributed by atoms with Crippen LogP contribution in [0.25, 0.3) is 0 Å². The van der Waals surface area contributed by atoms with Crippen molar-refractivity contribution in [1.82, 2.24) is 0 Å². The first kappa shape index (κ1) is 16.4. The lowest BCUT2D eigenvalue weighted by molar-refractivity contribution is -0.138. The van der Waals surface area contributed by atoms with Crippen LogP contribution in [0.1, 0.15) is 39.5 Å². The van der Waals surface area contributed by atoms with E-state index in [2.05, 4.69) is 20.4 Å². The van der Waals surface area contributed by atoms with E-state index in [1.165, 1.54) is 6.42 Å². The van der Waals surface area contributed by atoms with E-state index in [1.807, 2.05) is 0 Å². The number of rotatable bonds is 9. The van der Waals surface area contributed by atoms with Gasteiger partial charge in [-0.2, -0.15) is 0 Å². The van der Waals surface area contributed by atoms with Crippen molar-refractivity contribution in [3.05, 3.63) is 24.3 Å².